The van der Waals surface area contributed by atoms with E-state index in [-0.39, 0.29) is 11.8 Å². The zero-order valence-electron chi connectivity index (χ0n) is 10.5. The fourth-order valence-corrected chi connectivity index (χ4v) is 2.48. The second-order valence-electron chi connectivity index (χ2n) is 4.28. The van der Waals surface area contributed by atoms with E-state index in [1.165, 1.54) is 4.90 Å². The molecule has 0 saturated heterocycles. The van der Waals surface area contributed by atoms with Crippen molar-refractivity contribution < 1.29 is 0 Å². The lowest BCUT2D eigenvalue weighted by Gasteiger charge is -2.20. The lowest BCUT2D eigenvalue weighted by atomic mass is 10.1. The Kier molecular flexibility index (Phi) is 6.08. The summed E-state index contributed by atoms with van der Waals surface area (Å²) in [5.41, 5.74) is 5.46. The number of nitrogens with one attached hydrogen (secondary N) is 1. The first kappa shape index (κ1) is 14.1. The highest BCUT2D eigenvalue weighted by Gasteiger charge is 2.08. The SMILES string of the molecule is CC(CN(C)CCSc1ccccc1)C(=N)N. The normalized spacial score (nSPS) is 12.6. The molecule has 0 amide bonds. The molecule has 0 heterocycles. The van der Waals surface area contributed by atoms with E-state index in [0.29, 0.717) is 0 Å². The molecule has 0 aliphatic rings. The van der Waals surface area contributed by atoms with Crippen molar-refractivity contribution in [3.8, 4) is 0 Å². The number of hydrogen-bond donors (Lipinski definition) is 2. The molecular weight excluding hydrogens is 230 g/mol. The molecule has 0 aromatic heterocycles. The predicted molar refractivity (Wildman–Crippen MR) is 75.7 cm³/mol. The largest absolute Gasteiger partial charge is 0.387 e. The lowest BCUT2D eigenvalue weighted by Crippen LogP contribution is -2.33. The molecule has 4 heteroatoms. The fraction of sp³-hybridized carbons (Fsp3) is 0.462. The molecule has 0 saturated carbocycles. The number of nitrogens with zero attached hydrogens (tertiary/aromatic N) is 1. The lowest BCUT2D eigenvalue weighted by molar-refractivity contribution is 0.333. The van der Waals surface area contributed by atoms with E-state index >= 15 is 0 Å². The standard InChI is InChI=1S/C13H21N3S/c1-11(13(14)15)10-16(2)8-9-17-12-6-4-3-5-7-12/h3-7,11H,8-10H2,1-2H3,(H3,14,15). The summed E-state index contributed by atoms with van der Waals surface area (Å²) >= 11 is 1.86. The molecule has 1 aromatic carbocycles. The Balaban J connectivity index is 2.20. The molecule has 0 bridgehead atoms. The van der Waals surface area contributed by atoms with Crippen LogP contribution < -0.4 is 5.73 Å². The maximum atomic E-state index is 7.35. The second-order valence-corrected chi connectivity index (χ2v) is 5.45. The molecule has 0 aliphatic heterocycles. The Morgan fingerprint density at radius 1 is 1.41 bits per heavy atom. The van der Waals surface area contributed by atoms with E-state index in [4.69, 9.17) is 11.1 Å². The van der Waals surface area contributed by atoms with Gasteiger partial charge in [-0.2, -0.15) is 0 Å². The van der Waals surface area contributed by atoms with Gasteiger partial charge in [0, 0.05) is 29.7 Å². The van der Waals surface area contributed by atoms with Crippen molar-refractivity contribution in [3.63, 3.8) is 0 Å². The average Bonchev–Trinajstić information content (AvgIpc) is 2.30. The van der Waals surface area contributed by atoms with Crippen molar-refractivity contribution in [3.05, 3.63) is 30.3 Å². The summed E-state index contributed by atoms with van der Waals surface area (Å²) in [6.45, 7) is 3.85. The summed E-state index contributed by atoms with van der Waals surface area (Å²) in [5.74, 6) is 1.47. The third-order valence-electron chi connectivity index (χ3n) is 2.60. The van der Waals surface area contributed by atoms with Gasteiger partial charge in [0.1, 0.15) is 0 Å². The van der Waals surface area contributed by atoms with E-state index in [2.05, 4.69) is 36.2 Å². The van der Waals surface area contributed by atoms with Crippen LogP contribution in [0.4, 0.5) is 0 Å². The van der Waals surface area contributed by atoms with Crippen LogP contribution in [0.3, 0.4) is 0 Å². The van der Waals surface area contributed by atoms with Crippen molar-refractivity contribution in [1.82, 2.24) is 4.90 Å². The summed E-state index contributed by atoms with van der Waals surface area (Å²) < 4.78 is 0. The van der Waals surface area contributed by atoms with Gasteiger partial charge in [-0.15, -0.1) is 11.8 Å². The third kappa shape index (κ3) is 5.75. The first-order valence-corrected chi connectivity index (χ1v) is 6.78. The average molecular weight is 251 g/mol. The fourth-order valence-electron chi connectivity index (χ4n) is 1.49. The minimum atomic E-state index is 0.140. The zero-order chi connectivity index (χ0) is 12.7. The first-order valence-electron chi connectivity index (χ1n) is 5.80. The van der Waals surface area contributed by atoms with Gasteiger partial charge < -0.3 is 10.6 Å². The number of rotatable bonds is 7. The molecule has 1 unspecified atom stereocenters. The number of benzene rings is 1. The molecule has 94 valence electrons. The molecule has 0 spiro atoms. The van der Waals surface area contributed by atoms with Crippen LogP contribution in [0.15, 0.2) is 35.2 Å². The Morgan fingerprint density at radius 2 is 2.06 bits per heavy atom. The number of amidine groups is 1. The van der Waals surface area contributed by atoms with Crippen LogP contribution in [0.1, 0.15) is 6.92 Å². The molecule has 3 N–H and O–H groups in total. The minimum Gasteiger partial charge on any atom is -0.387 e. The summed E-state index contributed by atoms with van der Waals surface area (Å²) in [6.07, 6.45) is 0. The smallest absolute Gasteiger partial charge is 0.0947 e. The van der Waals surface area contributed by atoms with E-state index in [9.17, 15) is 0 Å². The highest BCUT2D eigenvalue weighted by atomic mass is 32.2. The van der Waals surface area contributed by atoms with Crippen molar-refractivity contribution in [2.24, 2.45) is 11.7 Å². The second kappa shape index (κ2) is 7.35. The van der Waals surface area contributed by atoms with E-state index in [1.807, 2.05) is 24.8 Å². The third-order valence-corrected chi connectivity index (χ3v) is 3.59. The number of nitrogens with two attached hydrogens (primary N) is 1. The van der Waals surface area contributed by atoms with Crippen LogP contribution in [0, 0.1) is 11.3 Å². The van der Waals surface area contributed by atoms with Gasteiger partial charge in [0.25, 0.3) is 0 Å². The predicted octanol–water partition coefficient (Wildman–Crippen LogP) is 2.28. The van der Waals surface area contributed by atoms with Crippen LogP contribution in [-0.2, 0) is 0 Å². The summed E-state index contributed by atoms with van der Waals surface area (Å²) in [4.78, 5) is 3.53. The van der Waals surface area contributed by atoms with Gasteiger partial charge in [0.15, 0.2) is 0 Å². The molecule has 1 rings (SSSR count). The molecular formula is C13H21N3S. The van der Waals surface area contributed by atoms with Gasteiger partial charge >= 0.3 is 0 Å². The monoisotopic (exact) mass is 251 g/mol. The van der Waals surface area contributed by atoms with Crippen LogP contribution in [0.25, 0.3) is 0 Å². The summed E-state index contributed by atoms with van der Waals surface area (Å²) in [7, 11) is 2.07. The summed E-state index contributed by atoms with van der Waals surface area (Å²) in [5, 5.41) is 7.35. The minimum absolute atomic E-state index is 0.140. The van der Waals surface area contributed by atoms with Gasteiger partial charge in [-0.05, 0) is 19.2 Å². The number of thioether (sulfide) groups is 1. The highest BCUT2D eigenvalue weighted by Crippen LogP contribution is 2.16. The van der Waals surface area contributed by atoms with E-state index in [0.717, 1.165) is 18.8 Å². The first-order chi connectivity index (χ1) is 8.09. The molecule has 0 aliphatic carbocycles. The van der Waals surface area contributed by atoms with Gasteiger partial charge in [-0.1, -0.05) is 25.1 Å². The maximum absolute atomic E-state index is 7.35. The van der Waals surface area contributed by atoms with Crippen molar-refractivity contribution in [2.75, 3.05) is 25.9 Å². The molecule has 3 nitrogen and oxygen atoms in total. The van der Waals surface area contributed by atoms with Crippen LogP contribution >= 0.6 is 11.8 Å². The molecule has 0 radical (unpaired) electrons. The molecule has 0 fully saturated rings. The Morgan fingerprint density at radius 3 is 2.65 bits per heavy atom. The van der Waals surface area contributed by atoms with Gasteiger partial charge in [-0.3, -0.25) is 5.41 Å². The van der Waals surface area contributed by atoms with Crippen molar-refractivity contribution in [2.45, 2.75) is 11.8 Å². The van der Waals surface area contributed by atoms with E-state index < -0.39 is 0 Å². The Bertz CT molecular complexity index is 340. The van der Waals surface area contributed by atoms with Crippen molar-refractivity contribution >= 4 is 17.6 Å². The topological polar surface area (TPSA) is 53.1 Å². The quantitative estimate of drug-likeness (QED) is 0.444. The van der Waals surface area contributed by atoms with Crippen molar-refractivity contribution in [1.29, 1.82) is 5.41 Å². The van der Waals surface area contributed by atoms with E-state index in [1.54, 1.807) is 0 Å². The van der Waals surface area contributed by atoms with Crippen LogP contribution in [0.2, 0.25) is 0 Å². The Hall–Kier alpha value is -1.00. The zero-order valence-corrected chi connectivity index (χ0v) is 11.3. The van der Waals surface area contributed by atoms with Crippen LogP contribution in [-0.4, -0.2) is 36.6 Å². The van der Waals surface area contributed by atoms with Gasteiger partial charge in [-0.25, -0.2) is 0 Å². The molecule has 17 heavy (non-hydrogen) atoms. The Labute approximate surface area is 108 Å². The van der Waals surface area contributed by atoms with Crippen LogP contribution in [0.5, 0.6) is 0 Å². The molecule has 1 aromatic rings. The summed E-state index contributed by atoms with van der Waals surface area (Å²) in [6, 6.07) is 10.4. The maximum Gasteiger partial charge on any atom is 0.0947 e. The molecule has 1 atom stereocenters. The number of hydrogen-bond acceptors (Lipinski definition) is 3. The van der Waals surface area contributed by atoms with Gasteiger partial charge in [0.05, 0.1) is 5.84 Å². The highest BCUT2D eigenvalue weighted by molar-refractivity contribution is 7.99. The van der Waals surface area contributed by atoms with Gasteiger partial charge in [0.2, 0.25) is 0 Å².